The van der Waals surface area contributed by atoms with Crippen molar-refractivity contribution in [1.29, 1.82) is 0 Å². The molecule has 0 spiro atoms. The number of para-hydroxylation sites is 3. The fourth-order valence-electron chi connectivity index (χ4n) is 3.58. The Bertz CT molecular complexity index is 1610. The van der Waals surface area contributed by atoms with Crippen molar-refractivity contribution in [2.24, 2.45) is 0 Å². The number of nitrogens with zero attached hydrogens (tertiary/aromatic N) is 3. The summed E-state index contributed by atoms with van der Waals surface area (Å²) in [4.78, 5) is 28.7. The summed E-state index contributed by atoms with van der Waals surface area (Å²) in [6.07, 6.45) is 1.77. The fraction of sp³-hybridized carbons (Fsp3) is 0.0833. The Balaban J connectivity index is 1.54. The Morgan fingerprint density at radius 3 is 2.64 bits per heavy atom. The third-order valence-electron chi connectivity index (χ3n) is 5.19. The van der Waals surface area contributed by atoms with E-state index in [4.69, 9.17) is 9.47 Å². The van der Waals surface area contributed by atoms with Crippen LogP contribution in [0.25, 0.3) is 22.1 Å². The van der Waals surface area contributed by atoms with Crippen LogP contribution in [0.4, 0.5) is 5.69 Å². The minimum absolute atomic E-state index is 0.0169. The molecular formula is C24H17N3O5S. The van der Waals surface area contributed by atoms with Crippen LogP contribution in [0, 0.1) is 10.1 Å². The Labute approximate surface area is 191 Å². The molecule has 5 aromatic rings. The first-order valence-corrected chi connectivity index (χ1v) is 10.8. The highest BCUT2D eigenvalue weighted by Crippen LogP contribution is 2.32. The number of hydrogen-bond acceptors (Lipinski definition) is 7. The van der Waals surface area contributed by atoms with Gasteiger partial charge in [-0.1, -0.05) is 35.6 Å². The number of non-ortho nitro benzene ring substituents is 1. The summed E-state index contributed by atoms with van der Waals surface area (Å²) in [5.74, 6) is 0.999. The van der Waals surface area contributed by atoms with Crippen LogP contribution in [0.1, 0.15) is 11.1 Å². The van der Waals surface area contributed by atoms with Crippen LogP contribution in [-0.4, -0.2) is 21.4 Å². The standard InChI is InChI=1S/C24H17N3O5S/c1-31-20-8-4-5-16(22(20)32-14-15-9-11-17(12-10-15)27(29)30)13-21-23(28)26-19-7-3-2-6-18(19)25-24(26)33-21/h2-13H,14H2,1H3/b21-13+. The lowest BCUT2D eigenvalue weighted by molar-refractivity contribution is -0.384. The van der Waals surface area contributed by atoms with E-state index in [0.29, 0.717) is 26.6 Å². The highest BCUT2D eigenvalue weighted by atomic mass is 32.1. The van der Waals surface area contributed by atoms with Crippen LogP contribution in [0.2, 0.25) is 0 Å². The number of nitro groups is 1. The molecule has 164 valence electrons. The number of ether oxygens (including phenoxy) is 2. The molecule has 0 aliphatic heterocycles. The first-order chi connectivity index (χ1) is 16.0. The third-order valence-corrected chi connectivity index (χ3v) is 6.16. The van der Waals surface area contributed by atoms with Gasteiger partial charge in [-0.2, -0.15) is 0 Å². The van der Waals surface area contributed by atoms with E-state index in [-0.39, 0.29) is 17.9 Å². The molecule has 0 amide bonds. The van der Waals surface area contributed by atoms with Gasteiger partial charge in [-0.3, -0.25) is 14.9 Å². The molecular weight excluding hydrogens is 442 g/mol. The second-order valence-corrected chi connectivity index (χ2v) is 8.23. The molecule has 9 heteroatoms. The van der Waals surface area contributed by atoms with Crippen LogP contribution >= 0.6 is 11.3 Å². The van der Waals surface area contributed by atoms with Crippen molar-refractivity contribution in [3.05, 3.63) is 103 Å². The number of hydrogen-bond donors (Lipinski definition) is 0. The van der Waals surface area contributed by atoms with Crippen molar-refractivity contribution in [3.63, 3.8) is 0 Å². The maximum absolute atomic E-state index is 13.1. The van der Waals surface area contributed by atoms with Gasteiger partial charge in [0.1, 0.15) is 6.61 Å². The molecule has 0 bridgehead atoms. The molecule has 2 heterocycles. The van der Waals surface area contributed by atoms with Crippen molar-refractivity contribution >= 4 is 39.1 Å². The summed E-state index contributed by atoms with van der Waals surface area (Å²) < 4.78 is 13.6. The van der Waals surface area contributed by atoms with Crippen molar-refractivity contribution in [2.45, 2.75) is 6.61 Å². The Kier molecular flexibility index (Phi) is 5.23. The SMILES string of the molecule is COc1cccc(/C=c2/sc3nc4ccccc4n3c2=O)c1OCc1ccc([N+](=O)[O-])cc1. The molecule has 2 aromatic heterocycles. The summed E-state index contributed by atoms with van der Waals surface area (Å²) in [6.45, 7) is 0.182. The quantitative estimate of drug-likeness (QED) is 0.282. The zero-order valence-electron chi connectivity index (χ0n) is 17.4. The summed E-state index contributed by atoms with van der Waals surface area (Å²) in [5.41, 5.74) is 2.87. The molecule has 0 aliphatic carbocycles. The van der Waals surface area contributed by atoms with Gasteiger partial charge < -0.3 is 9.47 Å². The van der Waals surface area contributed by atoms with Gasteiger partial charge >= 0.3 is 0 Å². The minimum Gasteiger partial charge on any atom is -0.493 e. The van der Waals surface area contributed by atoms with Crippen molar-refractivity contribution in [3.8, 4) is 11.5 Å². The summed E-state index contributed by atoms with van der Waals surface area (Å²) >= 11 is 1.31. The Hall–Kier alpha value is -4.24. The topological polar surface area (TPSA) is 96.0 Å². The van der Waals surface area contributed by atoms with Crippen LogP contribution in [0.5, 0.6) is 11.5 Å². The molecule has 0 atom stereocenters. The molecule has 0 aliphatic rings. The molecule has 0 saturated heterocycles. The number of fused-ring (bicyclic) bond motifs is 3. The summed E-state index contributed by atoms with van der Waals surface area (Å²) in [5, 5.41) is 10.9. The van der Waals surface area contributed by atoms with E-state index in [1.54, 1.807) is 35.8 Å². The van der Waals surface area contributed by atoms with Crippen molar-refractivity contribution < 1.29 is 14.4 Å². The van der Waals surface area contributed by atoms with E-state index in [0.717, 1.165) is 16.6 Å². The normalized spacial score (nSPS) is 11.8. The number of benzene rings is 3. The van der Waals surface area contributed by atoms with Gasteiger partial charge in [0.15, 0.2) is 16.5 Å². The predicted octanol–water partition coefficient (Wildman–Crippen LogP) is 3.95. The largest absolute Gasteiger partial charge is 0.493 e. The monoisotopic (exact) mass is 459 g/mol. The van der Waals surface area contributed by atoms with Gasteiger partial charge in [0.05, 0.1) is 27.6 Å². The maximum Gasteiger partial charge on any atom is 0.274 e. The molecule has 0 N–H and O–H groups in total. The average molecular weight is 459 g/mol. The molecule has 33 heavy (non-hydrogen) atoms. The number of rotatable bonds is 6. The Morgan fingerprint density at radius 2 is 1.88 bits per heavy atom. The first-order valence-electron chi connectivity index (χ1n) is 10.00. The molecule has 0 radical (unpaired) electrons. The highest BCUT2D eigenvalue weighted by Gasteiger charge is 2.14. The van der Waals surface area contributed by atoms with Crippen LogP contribution in [-0.2, 0) is 6.61 Å². The molecule has 5 rings (SSSR count). The van der Waals surface area contributed by atoms with Gasteiger partial charge in [-0.15, -0.1) is 0 Å². The Morgan fingerprint density at radius 1 is 1.09 bits per heavy atom. The summed E-state index contributed by atoms with van der Waals surface area (Å²) in [6, 6.07) is 19.1. The van der Waals surface area contributed by atoms with E-state index in [1.165, 1.54) is 23.5 Å². The third kappa shape index (κ3) is 3.79. The zero-order chi connectivity index (χ0) is 22.9. The van der Waals surface area contributed by atoms with E-state index in [2.05, 4.69) is 4.98 Å². The highest BCUT2D eigenvalue weighted by molar-refractivity contribution is 7.15. The lowest BCUT2D eigenvalue weighted by Crippen LogP contribution is -2.22. The molecule has 0 fully saturated rings. The minimum atomic E-state index is -0.445. The number of nitro benzene ring substituents is 1. The van der Waals surface area contributed by atoms with E-state index in [1.807, 2.05) is 36.4 Å². The van der Waals surface area contributed by atoms with Crippen LogP contribution in [0.15, 0.2) is 71.5 Å². The molecule has 8 nitrogen and oxygen atoms in total. The lowest BCUT2D eigenvalue weighted by atomic mass is 10.1. The van der Waals surface area contributed by atoms with Gasteiger partial charge in [0.25, 0.3) is 11.2 Å². The number of aromatic nitrogens is 2. The van der Waals surface area contributed by atoms with Gasteiger partial charge in [-0.05, 0) is 42.0 Å². The number of imidazole rings is 1. The van der Waals surface area contributed by atoms with Gasteiger partial charge in [0, 0.05) is 17.7 Å². The maximum atomic E-state index is 13.1. The van der Waals surface area contributed by atoms with Crippen LogP contribution < -0.4 is 19.6 Å². The zero-order valence-corrected chi connectivity index (χ0v) is 18.2. The van der Waals surface area contributed by atoms with Gasteiger partial charge in [0.2, 0.25) is 0 Å². The molecule has 0 saturated carbocycles. The molecule has 0 unspecified atom stereocenters. The number of methoxy groups -OCH3 is 1. The second-order valence-electron chi connectivity index (χ2n) is 7.23. The first kappa shape index (κ1) is 20.7. The van der Waals surface area contributed by atoms with Crippen molar-refractivity contribution in [2.75, 3.05) is 7.11 Å². The van der Waals surface area contributed by atoms with E-state index >= 15 is 0 Å². The van der Waals surface area contributed by atoms with Gasteiger partial charge in [-0.25, -0.2) is 9.38 Å². The average Bonchev–Trinajstić information content (AvgIpc) is 3.34. The predicted molar refractivity (Wildman–Crippen MR) is 126 cm³/mol. The lowest BCUT2D eigenvalue weighted by Gasteiger charge is -2.13. The second kappa shape index (κ2) is 8.36. The van der Waals surface area contributed by atoms with E-state index in [9.17, 15) is 14.9 Å². The van der Waals surface area contributed by atoms with E-state index < -0.39 is 4.92 Å². The van der Waals surface area contributed by atoms with Crippen molar-refractivity contribution in [1.82, 2.24) is 9.38 Å². The smallest absolute Gasteiger partial charge is 0.274 e. The fourth-order valence-corrected chi connectivity index (χ4v) is 4.56. The number of thiazole rings is 1. The molecule has 3 aromatic carbocycles. The van der Waals surface area contributed by atoms with Crippen LogP contribution in [0.3, 0.4) is 0 Å². The summed E-state index contributed by atoms with van der Waals surface area (Å²) in [7, 11) is 1.54.